The van der Waals surface area contributed by atoms with E-state index in [0.717, 1.165) is 55.9 Å². The first kappa shape index (κ1) is 18.8. The van der Waals surface area contributed by atoms with Crippen LogP contribution in [0.4, 0.5) is 0 Å². The van der Waals surface area contributed by atoms with Gasteiger partial charge in [-0.05, 0) is 56.5 Å². The van der Waals surface area contributed by atoms with E-state index < -0.39 is 0 Å². The Hall–Kier alpha value is -2.90. The second-order valence-electron chi connectivity index (χ2n) is 8.87. The zero-order valence-corrected chi connectivity index (χ0v) is 17.6. The summed E-state index contributed by atoms with van der Waals surface area (Å²) in [6, 6.07) is 8.87. The SMILES string of the molecule is CC1=CN2C=C(c3cc4ccc(C5CCN(C6COC6)CC5)cc4oc3=O)NC2C=N1. The minimum atomic E-state index is -0.319. The minimum Gasteiger partial charge on any atom is -0.422 e. The van der Waals surface area contributed by atoms with E-state index >= 15 is 0 Å². The molecule has 0 saturated carbocycles. The lowest BCUT2D eigenvalue weighted by molar-refractivity contribution is -0.0712. The van der Waals surface area contributed by atoms with Gasteiger partial charge >= 0.3 is 5.63 Å². The molecule has 4 aliphatic rings. The largest absolute Gasteiger partial charge is 0.422 e. The second kappa shape index (κ2) is 7.35. The first-order chi connectivity index (χ1) is 15.1. The number of nitrogens with zero attached hydrogens (tertiary/aromatic N) is 3. The van der Waals surface area contributed by atoms with E-state index in [9.17, 15) is 4.79 Å². The Kier molecular flexibility index (Phi) is 4.47. The van der Waals surface area contributed by atoms with Gasteiger partial charge in [0.1, 0.15) is 11.7 Å². The normalized spacial score (nSPS) is 24.5. The van der Waals surface area contributed by atoms with E-state index in [1.807, 2.05) is 36.5 Å². The number of piperidine rings is 1. The van der Waals surface area contributed by atoms with Crippen molar-refractivity contribution in [3.05, 3.63) is 63.9 Å². The number of rotatable bonds is 3. The summed E-state index contributed by atoms with van der Waals surface area (Å²) in [4.78, 5) is 21.7. The quantitative estimate of drug-likeness (QED) is 0.773. The number of allylic oxidation sites excluding steroid dienone is 1. The molecule has 2 saturated heterocycles. The minimum absolute atomic E-state index is 0.0615. The molecule has 0 amide bonds. The number of nitrogens with one attached hydrogen (secondary N) is 1. The van der Waals surface area contributed by atoms with Crippen LogP contribution in [-0.2, 0) is 4.74 Å². The van der Waals surface area contributed by atoms with Crippen molar-refractivity contribution < 1.29 is 9.15 Å². The molecule has 1 aromatic heterocycles. The Morgan fingerprint density at radius 1 is 1.13 bits per heavy atom. The van der Waals surface area contributed by atoms with Crippen LogP contribution in [0.5, 0.6) is 0 Å². The van der Waals surface area contributed by atoms with E-state index in [-0.39, 0.29) is 11.8 Å². The van der Waals surface area contributed by atoms with Gasteiger partial charge in [-0.3, -0.25) is 9.89 Å². The van der Waals surface area contributed by atoms with Crippen LogP contribution in [0.15, 0.2) is 56.6 Å². The van der Waals surface area contributed by atoms with Crippen molar-refractivity contribution in [3.63, 3.8) is 0 Å². The zero-order valence-electron chi connectivity index (χ0n) is 17.6. The second-order valence-corrected chi connectivity index (χ2v) is 8.87. The molecular weight excluding hydrogens is 392 g/mol. The number of likely N-dealkylation sites (tertiary alicyclic amines) is 1. The van der Waals surface area contributed by atoms with Gasteiger partial charge in [-0.15, -0.1) is 0 Å². The van der Waals surface area contributed by atoms with Gasteiger partial charge in [0.05, 0.1) is 36.2 Å². The summed E-state index contributed by atoms with van der Waals surface area (Å²) < 4.78 is 11.1. The molecule has 4 aliphatic heterocycles. The van der Waals surface area contributed by atoms with Crippen LogP contribution in [-0.4, -0.2) is 54.5 Å². The van der Waals surface area contributed by atoms with Gasteiger partial charge in [-0.1, -0.05) is 12.1 Å². The average Bonchev–Trinajstić information content (AvgIpc) is 3.15. The van der Waals surface area contributed by atoms with Gasteiger partial charge in [0, 0.05) is 24.0 Å². The fraction of sp³-hybridized carbons (Fsp3) is 0.417. The summed E-state index contributed by atoms with van der Waals surface area (Å²) in [5, 5.41) is 4.28. The summed E-state index contributed by atoms with van der Waals surface area (Å²) in [5.41, 5.74) is 3.84. The molecule has 0 spiro atoms. The standard InChI is InChI=1S/C24H26N4O3/c1-15-11-28-12-21(26-23(28)10-25-15)20-8-18-3-2-17(9-22(18)31-24(20)29)16-4-6-27(7-5-16)19-13-30-14-19/h2-3,8-12,16,19,23,26H,4-7,13-14H2,1H3. The molecule has 1 aromatic carbocycles. The molecule has 6 rings (SSSR count). The zero-order chi connectivity index (χ0) is 20.9. The lowest BCUT2D eigenvalue weighted by Gasteiger charge is -2.41. The maximum atomic E-state index is 12.8. The van der Waals surface area contributed by atoms with Gasteiger partial charge < -0.3 is 19.4 Å². The van der Waals surface area contributed by atoms with Crippen LogP contribution in [0, 0.1) is 0 Å². The third-order valence-corrected chi connectivity index (χ3v) is 6.85. The Bertz CT molecular complexity index is 1170. The highest BCUT2D eigenvalue weighted by atomic mass is 16.5. The first-order valence-corrected chi connectivity index (χ1v) is 11.0. The lowest BCUT2D eigenvalue weighted by atomic mass is 9.88. The highest BCUT2D eigenvalue weighted by Crippen LogP contribution is 2.32. The molecule has 1 unspecified atom stereocenters. The molecule has 0 aliphatic carbocycles. The Labute approximate surface area is 180 Å². The molecule has 5 heterocycles. The van der Waals surface area contributed by atoms with Crippen molar-refractivity contribution in [1.29, 1.82) is 0 Å². The molecule has 1 atom stereocenters. The van der Waals surface area contributed by atoms with Crippen molar-refractivity contribution in [2.24, 2.45) is 4.99 Å². The number of benzene rings is 1. The van der Waals surface area contributed by atoms with Crippen molar-refractivity contribution >= 4 is 22.9 Å². The van der Waals surface area contributed by atoms with Crippen molar-refractivity contribution in [1.82, 2.24) is 15.1 Å². The number of fused-ring (bicyclic) bond motifs is 2. The number of hydrogen-bond acceptors (Lipinski definition) is 7. The third-order valence-electron chi connectivity index (χ3n) is 6.85. The van der Waals surface area contributed by atoms with Crippen molar-refractivity contribution in [2.75, 3.05) is 26.3 Å². The van der Waals surface area contributed by atoms with E-state index in [4.69, 9.17) is 9.15 Å². The van der Waals surface area contributed by atoms with Crippen LogP contribution in [0.3, 0.4) is 0 Å². The topological polar surface area (TPSA) is 70.3 Å². The van der Waals surface area contributed by atoms with Gasteiger partial charge in [0.25, 0.3) is 0 Å². The lowest BCUT2D eigenvalue weighted by Crippen LogP contribution is -2.51. The highest BCUT2D eigenvalue weighted by molar-refractivity contribution is 5.83. The van der Waals surface area contributed by atoms with Crippen LogP contribution < -0.4 is 10.9 Å². The Morgan fingerprint density at radius 2 is 1.97 bits per heavy atom. The maximum Gasteiger partial charge on any atom is 0.345 e. The molecular formula is C24H26N4O3. The van der Waals surface area contributed by atoms with Gasteiger partial charge in [0.15, 0.2) is 0 Å². The Morgan fingerprint density at radius 3 is 2.74 bits per heavy atom. The monoisotopic (exact) mass is 418 g/mol. The molecule has 7 nitrogen and oxygen atoms in total. The van der Waals surface area contributed by atoms with E-state index in [1.165, 1.54) is 5.56 Å². The number of ether oxygens (including phenoxy) is 1. The van der Waals surface area contributed by atoms with E-state index in [0.29, 0.717) is 23.1 Å². The van der Waals surface area contributed by atoms with Crippen molar-refractivity contribution in [2.45, 2.75) is 37.9 Å². The summed E-state index contributed by atoms with van der Waals surface area (Å²) in [7, 11) is 0. The average molecular weight is 418 g/mol. The number of hydrogen-bond donors (Lipinski definition) is 1. The summed E-state index contributed by atoms with van der Waals surface area (Å²) in [6.07, 6.45) is 7.94. The molecule has 7 heteroatoms. The summed E-state index contributed by atoms with van der Waals surface area (Å²) in [5.74, 6) is 0.510. The van der Waals surface area contributed by atoms with Crippen LogP contribution in [0.25, 0.3) is 16.7 Å². The molecule has 2 aromatic rings. The van der Waals surface area contributed by atoms with Crippen LogP contribution in [0.2, 0.25) is 0 Å². The molecule has 0 bridgehead atoms. The maximum absolute atomic E-state index is 12.8. The van der Waals surface area contributed by atoms with Crippen LogP contribution >= 0.6 is 0 Å². The molecule has 2 fully saturated rings. The smallest absolute Gasteiger partial charge is 0.345 e. The first-order valence-electron chi connectivity index (χ1n) is 11.0. The predicted octanol–water partition coefficient (Wildman–Crippen LogP) is 2.85. The van der Waals surface area contributed by atoms with Crippen molar-refractivity contribution in [3.8, 4) is 0 Å². The number of aliphatic imine (C=N–C) groups is 1. The molecule has 0 radical (unpaired) electrons. The van der Waals surface area contributed by atoms with E-state index in [1.54, 1.807) is 0 Å². The summed E-state index contributed by atoms with van der Waals surface area (Å²) in [6.45, 7) is 5.91. The Balaban J connectivity index is 1.24. The van der Waals surface area contributed by atoms with Crippen LogP contribution in [0.1, 0.15) is 36.8 Å². The van der Waals surface area contributed by atoms with Gasteiger partial charge in [-0.25, -0.2) is 4.79 Å². The van der Waals surface area contributed by atoms with E-state index in [2.05, 4.69) is 33.4 Å². The third kappa shape index (κ3) is 3.38. The fourth-order valence-corrected chi connectivity index (χ4v) is 4.92. The van der Waals surface area contributed by atoms with Gasteiger partial charge in [-0.2, -0.15) is 0 Å². The molecule has 31 heavy (non-hydrogen) atoms. The molecule has 160 valence electrons. The molecule has 1 N–H and O–H groups in total. The fourth-order valence-electron chi connectivity index (χ4n) is 4.92. The van der Waals surface area contributed by atoms with Gasteiger partial charge in [0.2, 0.25) is 0 Å². The highest BCUT2D eigenvalue weighted by Gasteiger charge is 2.30. The summed E-state index contributed by atoms with van der Waals surface area (Å²) >= 11 is 0. The predicted molar refractivity (Wildman–Crippen MR) is 120 cm³/mol.